The van der Waals surface area contributed by atoms with Crippen LogP contribution in [0.15, 0.2) is 78.2 Å². The van der Waals surface area contributed by atoms with E-state index in [4.69, 9.17) is 0 Å². The third kappa shape index (κ3) is 4.12. The van der Waals surface area contributed by atoms with Crippen LogP contribution in [0.1, 0.15) is 39.1 Å². The van der Waals surface area contributed by atoms with Crippen molar-refractivity contribution < 1.29 is 9.59 Å². The molecule has 7 nitrogen and oxygen atoms in total. The molecule has 0 bridgehead atoms. The maximum absolute atomic E-state index is 12.5. The largest absolute Gasteiger partial charge is 0.274 e. The third-order valence-corrected chi connectivity index (χ3v) is 6.81. The van der Waals surface area contributed by atoms with Gasteiger partial charge in [-0.2, -0.15) is 0 Å². The monoisotopic (exact) mass is 469 g/mol. The quantitative estimate of drug-likeness (QED) is 0.209. The molecule has 2 aromatic heterocycles. The van der Waals surface area contributed by atoms with Crippen molar-refractivity contribution in [2.45, 2.75) is 24.9 Å². The number of thioether (sulfide) groups is 1. The summed E-state index contributed by atoms with van der Waals surface area (Å²) in [6.07, 6.45) is 5.09. The van der Waals surface area contributed by atoms with E-state index in [-0.39, 0.29) is 11.8 Å². The first-order valence-electron chi connectivity index (χ1n) is 11.1. The molecule has 1 aliphatic rings. The number of unbranched alkanes of at least 4 members (excludes halogenated alkanes) is 1. The molecule has 0 aliphatic carbocycles. The molecule has 0 spiro atoms. The molecule has 0 saturated heterocycles. The number of hydrogen-bond donors (Lipinski definition) is 0. The number of aromatic nitrogens is 4. The molecular formula is C26H23N5O2S. The van der Waals surface area contributed by atoms with E-state index in [1.165, 1.54) is 4.90 Å². The Morgan fingerprint density at radius 3 is 2.29 bits per heavy atom. The van der Waals surface area contributed by atoms with Gasteiger partial charge in [-0.3, -0.25) is 24.0 Å². The SMILES string of the molecule is Cc1ccccc1-n1c(SCCCCN2C(=O)c3ccccc3C2=O)nnc1-c1cccnc1. The van der Waals surface area contributed by atoms with Crippen LogP contribution < -0.4 is 0 Å². The van der Waals surface area contributed by atoms with Gasteiger partial charge < -0.3 is 0 Å². The number of benzene rings is 2. The highest BCUT2D eigenvalue weighted by atomic mass is 32.2. The van der Waals surface area contributed by atoms with Gasteiger partial charge in [-0.05, 0) is 55.7 Å². The van der Waals surface area contributed by atoms with Crippen molar-refractivity contribution in [2.24, 2.45) is 0 Å². The number of amides is 2. The van der Waals surface area contributed by atoms with Crippen LogP contribution in [-0.2, 0) is 0 Å². The first-order chi connectivity index (χ1) is 16.6. The molecule has 2 amide bonds. The lowest BCUT2D eigenvalue weighted by molar-refractivity contribution is 0.0652. The number of imide groups is 1. The lowest BCUT2D eigenvalue weighted by Gasteiger charge is -2.14. The normalized spacial score (nSPS) is 12.9. The van der Waals surface area contributed by atoms with Crippen molar-refractivity contribution in [1.82, 2.24) is 24.6 Å². The van der Waals surface area contributed by atoms with Gasteiger partial charge >= 0.3 is 0 Å². The van der Waals surface area contributed by atoms with Gasteiger partial charge in [0.2, 0.25) is 0 Å². The summed E-state index contributed by atoms with van der Waals surface area (Å²) in [5, 5.41) is 9.73. The summed E-state index contributed by atoms with van der Waals surface area (Å²) < 4.78 is 2.07. The van der Waals surface area contributed by atoms with Gasteiger partial charge in [-0.1, -0.05) is 42.1 Å². The lowest BCUT2D eigenvalue weighted by Crippen LogP contribution is -2.30. The van der Waals surface area contributed by atoms with Crippen molar-refractivity contribution >= 4 is 23.6 Å². The Hall–Kier alpha value is -3.78. The number of hydrogen-bond acceptors (Lipinski definition) is 6. The molecule has 0 N–H and O–H groups in total. The van der Waals surface area contributed by atoms with E-state index in [2.05, 4.69) is 38.8 Å². The molecule has 3 heterocycles. The lowest BCUT2D eigenvalue weighted by atomic mass is 10.1. The number of pyridine rings is 1. The Balaban J connectivity index is 1.27. The maximum atomic E-state index is 12.5. The van der Waals surface area contributed by atoms with Gasteiger partial charge in [0.05, 0.1) is 16.8 Å². The van der Waals surface area contributed by atoms with Gasteiger partial charge in [0.1, 0.15) is 0 Å². The number of aryl methyl sites for hydroxylation is 1. The molecular weight excluding hydrogens is 446 g/mol. The first-order valence-corrected chi connectivity index (χ1v) is 12.1. The van der Waals surface area contributed by atoms with Crippen LogP contribution >= 0.6 is 11.8 Å². The van der Waals surface area contributed by atoms with Crippen LogP contribution in [0.4, 0.5) is 0 Å². The van der Waals surface area contributed by atoms with E-state index in [0.717, 1.165) is 46.4 Å². The zero-order chi connectivity index (χ0) is 23.5. The number of carbonyl (C=O) groups is 2. The Kier molecular flexibility index (Phi) is 6.22. The predicted molar refractivity (Wildman–Crippen MR) is 131 cm³/mol. The van der Waals surface area contributed by atoms with Gasteiger partial charge in [0.15, 0.2) is 11.0 Å². The molecule has 34 heavy (non-hydrogen) atoms. The summed E-state index contributed by atoms with van der Waals surface area (Å²) >= 11 is 1.62. The number of nitrogens with zero attached hydrogens (tertiary/aromatic N) is 5. The summed E-state index contributed by atoms with van der Waals surface area (Å²) in [4.78, 5) is 30.7. The highest BCUT2D eigenvalue weighted by Gasteiger charge is 2.34. The second-order valence-electron chi connectivity index (χ2n) is 8.03. The van der Waals surface area contributed by atoms with Crippen molar-refractivity contribution in [3.8, 4) is 17.1 Å². The topological polar surface area (TPSA) is 81.0 Å². The highest BCUT2D eigenvalue weighted by molar-refractivity contribution is 7.99. The molecule has 0 radical (unpaired) electrons. The highest BCUT2D eigenvalue weighted by Crippen LogP contribution is 2.30. The molecule has 8 heteroatoms. The predicted octanol–water partition coefficient (Wildman–Crippen LogP) is 4.81. The van der Waals surface area contributed by atoms with Crippen LogP contribution in [0.2, 0.25) is 0 Å². The molecule has 1 aliphatic heterocycles. The standard InChI is InChI=1S/C26H23N5O2S/c1-18-9-2-5-13-22(18)31-23(19-10-8-14-27-17-19)28-29-26(31)34-16-7-6-15-30-24(32)20-11-3-4-12-21(20)25(30)33/h2-5,8-14,17H,6-7,15-16H2,1H3. The Labute approximate surface area is 201 Å². The summed E-state index contributed by atoms with van der Waals surface area (Å²) in [6, 6.07) is 19.0. The van der Waals surface area contributed by atoms with Crippen molar-refractivity contribution in [3.63, 3.8) is 0 Å². The fraction of sp³-hybridized carbons (Fsp3) is 0.192. The zero-order valence-corrected chi connectivity index (χ0v) is 19.5. The van der Waals surface area contributed by atoms with Crippen molar-refractivity contribution in [2.75, 3.05) is 12.3 Å². The minimum atomic E-state index is -0.200. The summed E-state index contributed by atoms with van der Waals surface area (Å²) in [7, 11) is 0. The molecule has 0 atom stereocenters. The Bertz CT molecular complexity index is 1320. The summed E-state index contributed by atoms with van der Waals surface area (Å²) in [6.45, 7) is 2.48. The van der Waals surface area contributed by atoms with Crippen molar-refractivity contribution in [3.05, 3.63) is 89.7 Å². The van der Waals surface area contributed by atoms with Crippen LogP contribution in [0.25, 0.3) is 17.1 Å². The second kappa shape index (κ2) is 9.61. The molecule has 0 unspecified atom stereocenters. The fourth-order valence-electron chi connectivity index (χ4n) is 4.05. The van der Waals surface area contributed by atoms with E-state index in [0.29, 0.717) is 17.7 Å². The van der Waals surface area contributed by atoms with Crippen LogP contribution in [-0.4, -0.2) is 48.8 Å². The molecule has 0 saturated carbocycles. The average Bonchev–Trinajstić information content (AvgIpc) is 3.39. The second-order valence-corrected chi connectivity index (χ2v) is 9.09. The summed E-state index contributed by atoms with van der Waals surface area (Å²) in [5.41, 5.74) is 4.04. The smallest absolute Gasteiger partial charge is 0.261 e. The molecule has 2 aromatic carbocycles. The minimum absolute atomic E-state index is 0.200. The Morgan fingerprint density at radius 2 is 1.59 bits per heavy atom. The Morgan fingerprint density at radius 1 is 0.853 bits per heavy atom. The van der Waals surface area contributed by atoms with Crippen LogP contribution in [0, 0.1) is 6.92 Å². The van der Waals surface area contributed by atoms with E-state index >= 15 is 0 Å². The number of fused-ring (bicyclic) bond motifs is 1. The van der Waals surface area contributed by atoms with E-state index < -0.39 is 0 Å². The zero-order valence-electron chi connectivity index (χ0n) is 18.7. The number of para-hydroxylation sites is 1. The third-order valence-electron chi connectivity index (χ3n) is 5.79. The van der Waals surface area contributed by atoms with E-state index in [1.807, 2.05) is 24.3 Å². The maximum Gasteiger partial charge on any atom is 0.261 e. The fourth-order valence-corrected chi connectivity index (χ4v) is 5.00. The van der Waals surface area contributed by atoms with Gasteiger partial charge in [-0.15, -0.1) is 10.2 Å². The van der Waals surface area contributed by atoms with E-state index in [1.54, 1.807) is 48.4 Å². The molecule has 0 fully saturated rings. The minimum Gasteiger partial charge on any atom is -0.274 e. The number of rotatable bonds is 8. The molecule has 170 valence electrons. The van der Waals surface area contributed by atoms with Gasteiger partial charge in [0, 0.05) is 30.3 Å². The number of carbonyl (C=O) groups excluding carboxylic acids is 2. The molecule has 5 rings (SSSR count). The van der Waals surface area contributed by atoms with Crippen LogP contribution in [0.3, 0.4) is 0 Å². The average molecular weight is 470 g/mol. The van der Waals surface area contributed by atoms with Gasteiger partial charge in [-0.25, -0.2) is 0 Å². The van der Waals surface area contributed by atoms with Gasteiger partial charge in [0.25, 0.3) is 11.8 Å². The first kappa shape index (κ1) is 22.0. The summed E-state index contributed by atoms with van der Waals surface area (Å²) in [5.74, 6) is 1.14. The van der Waals surface area contributed by atoms with Crippen molar-refractivity contribution in [1.29, 1.82) is 0 Å². The van der Waals surface area contributed by atoms with Crippen LogP contribution in [0.5, 0.6) is 0 Å². The molecule has 4 aromatic rings. The van der Waals surface area contributed by atoms with E-state index in [9.17, 15) is 9.59 Å².